The molecule has 1 spiro atoms. The minimum atomic E-state index is -0.246. The molecule has 3 aliphatic heterocycles. The molecule has 0 aliphatic carbocycles. The third-order valence-corrected chi connectivity index (χ3v) is 7.31. The fraction of sp³-hybridized carbons (Fsp3) is 0.600. The molecule has 0 aromatic heterocycles. The zero-order chi connectivity index (χ0) is 22.7. The molecule has 3 aliphatic rings. The van der Waals surface area contributed by atoms with E-state index in [0.29, 0.717) is 12.5 Å². The fourth-order valence-corrected chi connectivity index (χ4v) is 5.49. The lowest BCUT2D eigenvalue weighted by Gasteiger charge is -2.45. The standard InChI is InChI=1S/C25H34N4O3/c1-4-5-18-32-24(31)28-14-10-20(11-15-28)27-16-12-25(13-17-27)19-29(23(30)26(2)3)22-9-7-6-8-21(22)25/h1,6-9,20H,5,10-19H2,2-3H3. The molecule has 0 radical (unpaired) electrons. The summed E-state index contributed by atoms with van der Waals surface area (Å²) < 4.78 is 5.24. The molecule has 7 heteroatoms. The smallest absolute Gasteiger partial charge is 0.409 e. The number of terminal acetylenes is 1. The van der Waals surface area contributed by atoms with E-state index < -0.39 is 0 Å². The SMILES string of the molecule is C#CCCOC(=O)N1CCC(N2CCC3(CC2)CN(C(=O)N(C)C)c2ccccc23)CC1. The number of nitrogens with zero attached hydrogens (tertiary/aromatic N) is 4. The summed E-state index contributed by atoms with van der Waals surface area (Å²) in [6, 6.07) is 8.95. The normalized spacial score (nSPS) is 20.7. The summed E-state index contributed by atoms with van der Waals surface area (Å²) in [6.07, 6.45) is 9.47. The number of ether oxygens (including phenoxy) is 1. The molecule has 0 N–H and O–H groups in total. The summed E-state index contributed by atoms with van der Waals surface area (Å²) in [7, 11) is 3.63. The van der Waals surface area contributed by atoms with E-state index >= 15 is 0 Å². The second-order valence-electron chi connectivity index (χ2n) is 9.38. The number of piperidine rings is 2. The Hall–Kier alpha value is -2.72. The Morgan fingerprint density at radius 1 is 1.16 bits per heavy atom. The lowest BCUT2D eigenvalue weighted by Crippen LogP contribution is -2.52. The van der Waals surface area contributed by atoms with Crippen LogP contribution in [0, 0.1) is 12.3 Å². The van der Waals surface area contributed by atoms with E-state index in [1.165, 1.54) is 5.56 Å². The number of rotatable bonds is 3. The first-order valence-electron chi connectivity index (χ1n) is 11.6. The van der Waals surface area contributed by atoms with E-state index in [1.54, 1.807) is 9.80 Å². The molecule has 0 unspecified atom stereocenters. The van der Waals surface area contributed by atoms with Gasteiger partial charge in [0.1, 0.15) is 6.61 Å². The monoisotopic (exact) mass is 438 g/mol. The minimum absolute atomic E-state index is 0.0420. The van der Waals surface area contributed by atoms with Crippen molar-refractivity contribution in [2.45, 2.75) is 43.6 Å². The molecular weight excluding hydrogens is 404 g/mol. The molecule has 3 amide bonds. The Balaban J connectivity index is 1.34. The number of carbonyl (C=O) groups excluding carboxylic acids is 2. The number of para-hydroxylation sites is 1. The van der Waals surface area contributed by atoms with Gasteiger partial charge in [0.15, 0.2) is 0 Å². The van der Waals surface area contributed by atoms with Crippen LogP contribution in [0.3, 0.4) is 0 Å². The zero-order valence-corrected chi connectivity index (χ0v) is 19.3. The molecule has 3 heterocycles. The van der Waals surface area contributed by atoms with Crippen molar-refractivity contribution in [3.63, 3.8) is 0 Å². The van der Waals surface area contributed by atoms with Crippen molar-refractivity contribution >= 4 is 17.8 Å². The maximum absolute atomic E-state index is 12.8. The number of hydrogen-bond acceptors (Lipinski definition) is 4. The van der Waals surface area contributed by atoms with Gasteiger partial charge in [0.2, 0.25) is 0 Å². The number of likely N-dealkylation sites (tertiary alicyclic amines) is 2. The van der Waals surface area contributed by atoms with Gasteiger partial charge in [-0.2, -0.15) is 0 Å². The van der Waals surface area contributed by atoms with E-state index in [-0.39, 0.29) is 24.1 Å². The number of carbonyl (C=O) groups is 2. The Labute approximate surface area is 191 Å². The number of hydrogen-bond donors (Lipinski definition) is 0. The quantitative estimate of drug-likeness (QED) is 0.537. The molecule has 0 atom stereocenters. The van der Waals surface area contributed by atoms with Gasteiger partial charge in [-0.15, -0.1) is 12.3 Å². The molecule has 7 nitrogen and oxygen atoms in total. The molecule has 1 aromatic carbocycles. The van der Waals surface area contributed by atoms with Gasteiger partial charge in [-0.05, 0) is 50.4 Å². The van der Waals surface area contributed by atoms with Crippen LogP contribution in [-0.4, -0.2) is 86.3 Å². The maximum atomic E-state index is 12.8. The van der Waals surface area contributed by atoms with Crippen molar-refractivity contribution in [3.05, 3.63) is 29.8 Å². The van der Waals surface area contributed by atoms with E-state index in [9.17, 15) is 9.59 Å². The highest BCUT2D eigenvalue weighted by Crippen LogP contribution is 2.47. The average molecular weight is 439 g/mol. The van der Waals surface area contributed by atoms with Gasteiger partial charge in [-0.3, -0.25) is 4.90 Å². The summed E-state index contributed by atoms with van der Waals surface area (Å²) in [5, 5.41) is 0. The molecule has 32 heavy (non-hydrogen) atoms. The first-order chi connectivity index (χ1) is 15.4. The number of benzene rings is 1. The van der Waals surface area contributed by atoms with E-state index in [1.807, 2.05) is 25.1 Å². The van der Waals surface area contributed by atoms with Crippen molar-refractivity contribution in [1.82, 2.24) is 14.7 Å². The highest BCUT2D eigenvalue weighted by Gasteiger charge is 2.47. The van der Waals surface area contributed by atoms with Crippen LogP contribution in [0.25, 0.3) is 0 Å². The first kappa shape index (κ1) is 22.5. The molecule has 172 valence electrons. The van der Waals surface area contributed by atoms with Gasteiger partial charge in [-0.25, -0.2) is 9.59 Å². The van der Waals surface area contributed by atoms with Crippen LogP contribution in [0.5, 0.6) is 0 Å². The molecule has 0 saturated carbocycles. The Kier molecular flexibility index (Phi) is 6.61. The van der Waals surface area contributed by atoms with E-state index in [2.05, 4.69) is 29.0 Å². The van der Waals surface area contributed by atoms with Crippen molar-refractivity contribution in [3.8, 4) is 12.3 Å². The zero-order valence-electron chi connectivity index (χ0n) is 19.3. The predicted octanol–water partition coefficient (Wildman–Crippen LogP) is 3.15. The Morgan fingerprint density at radius 2 is 1.84 bits per heavy atom. The van der Waals surface area contributed by atoms with Gasteiger partial charge in [-0.1, -0.05) is 18.2 Å². The maximum Gasteiger partial charge on any atom is 0.409 e. The molecule has 1 aromatic rings. The van der Waals surface area contributed by atoms with Gasteiger partial charge in [0.05, 0.1) is 0 Å². The first-order valence-corrected chi connectivity index (χ1v) is 11.6. The topological polar surface area (TPSA) is 56.3 Å². The number of urea groups is 1. The largest absolute Gasteiger partial charge is 0.448 e. The molecule has 2 saturated heterocycles. The summed E-state index contributed by atoms with van der Waals surface area (Å²) in [5.74, 6) is 2.49. The second kappa shape index (κ2) is 9.41. The Morgan fingerprint density at radius 3 is 2.50 bits per heavy atom. The third kappa shape index (κ3) is 4.29. The minimum Gasteiger partial charge on any atom is -0.448 e. The van der Waals surface area contributed by atoms with Crippen LogP contribution < -0.4 is 4.90 Å². The third-order valence-electron chi connectivity index (χ3n) is 7.31. The van der Waals surface area contributed by atoms with Crippen molar-refractivity contribution < 1.29 is 14.3 Å². The van der Waals surface area contributed by atoms with Crippen molar-refractivity contribution in [1.29, 1.82) is 0 Å². The number of fused-ring (bicyclic) bond motifs is 2. The molecule has 2 fully saturated rings. The second-order valence-corrected chi connectivity index (χ2v) is 9.38. The highest BCUT2D eigenvalue weighted by atomic mass is 16.6. The summed E-state index contributed by atoms with van der Waals surface area (Å²) in [6.45, 7) is 4.56. The van der Waals surface area contributed by atoms with E-state index in [0.717, 1.165) is 64.1 Å². The van der Waals surface area contributed by atoms with Gasteiger partial charge in [0.25, 0.3) is 0 Å². The van der Waals surface area contributed by atoms with Crippen molar-refractivity contribution in [2.24, 2.45) is 0 Å². The van der Waals surface area contributed by atoms with Crippen LogP contribution in [-0.2, 0) is 10.2 Å². The van der Waals surface area contributed by atoms with Crippen molar-refractivity contribution in [2.75, 3.05) is 58.3 Å². The Bertz CT molecular complexity index is 877. The number of amides is 3. The number of anilines is 1. The van der Waals surface area contributed by atoms with Gasteiger partial charge < -0.3 is 19.4 Å². The summed E-state index contributed by atoms with van der Waals surface area (Å²) in [4.78, 5) is 33.0. The lowest BCUT2D eigenvalue weighted by molar-refractivity contribution is 0.0570. The molecular formula is C25H34N4O3. The lowest BCUT2D eigenvalue weighted by atomic mass is 9.74. The summed E-state index contributed by atoms with van der Waals surface area (Å²) >= 11 is 0. The van der Waals surface area contributed by atoms with Crippen LogP contribution >= 0.6 is 0 Å². The summed E-state index contributed by atoms with van der Waals surface area (Å²) in [5.41, 5.74) is 2.43. The molecule has 4 rings (SSSR count). The van der Waals surface area contributed by atoms with Crippen LogP contribution in [0.4, 0.5) is 15.3 Å². The van der Waals surface area contributed by atoms with Gasteiger partial charge >= 0.3 is 12.1 Å². The fourth-order valence-electron chi connectivity index (χ4n) is 5.49. The van der Waals surface area contributed by atoms with Gasteiger partial charge in [0, 0.05) is 57.3 Å². The van der Waals surface area contributed by atoms with E-state index in [4.69, 9.17) is 11.2 Å². The van der Waals surface area contributed by atoms with Crippen LogP contribution in [0.1, 0.15) is 37.7 Å². The van der Waals surface area contributed by atoms with Crippen LogP contribution in [0.15, 0.2) is 24.3 Å². The molecule has 0 bridgehead atoms. The van der Waals surface area contributed by atoms with Crippen LogP contribution in [0.2, 0.25) is 0 Å². The predicted molar refractivity (Wildman–Crippen MR) is 125 cm³/mol. The average Bonchev–Trinajstić information content (AvgIpc) is 3.13. The highest BCUT2D eigenvalue weighted by molar-refractivity contribution is 5.95.